The summed E-state index contributed by atoms with van der Waals surface area (Å²) in [6, 6.07) is 0.182. The van der Waals surface area contributed by atoms with Crippen LogP contribution in [-0.4, -0.2) is 49.2 Å². The molecule has 1 amide bonds. The molecule has 2 fully saturated rings. The number of likely N-dealkylation sites (N-methyl/N-ethyl adjacent to an activating group) is 1. The van der Waals surface area contributed by atoms with Gasteiger partial charge in [-0.3, -0.25) is 4.79 Å². The fraction of sp³-hybridized carbons (Fsp3) is 0.929. The van der Waals surface area contributed by atoms with Gasteiger partial charge in [-0.15, -0.1) is 0 Å². The first kappa shape index (κ1) is 13.8. The van der Waals surface area contributed by atoms with Gasteiger partial charge in [0.05, 0.1) is 18.2 Å². The Morgan fingerprint density at radius 3 is 2.72 bits per heavy atom. The quantitative estimate of drug-likeness (QED) is 0.810. The molecule has 1 N–H and O–H groups in total. The van der Waals surface area contributed by atoms with Crippen molar-refractivity contribution in [2.75, 3.05) is 20.2 Å². The van der Waals surface area contributed by atoms with E-state index >= 15 is 0 Å². The molecular formula is C14H26N2O2. The van der Waals surface area contributed by atoms with Crippen LogP contribution < -0.4 is 5.32 Å². The Kier molecular flexibility index (Phi) is 3.97. The van der Waals surface area contributed by atoms with Crippen molar-refractivity contribution in [3.05, 3.63) is 0 Å². The number of piperidine rings is 1. The highest BCUT2D eigenvalue weighted by atomic mass is 16.5. The summed E-state index contributed by atoms with van der Waals surface area (Å²) in [5.74, 6) is 0.224. The number of amides is 1. The topological polar surface area (TPSA) is 41.6 Å². The lowest BCUT2D eigenvalue weighted by Crippen LogP contribution is -2.58. The van der Waals surface area contributed by atoms with Crippen molar-refractivity contribution in [2.45, 2.75) is 58.2 Å². The second-order valence-electron chi connectivity index (χ2n) is 6.36. The Morgan fingerprint density at radius 2 is 2.17 bits per heavy atom. The Hall–Kier alpha value is -0.610. The smallest absolute Gasteiger partial charge is 0.240 e. The third-order valence-electron chi connectivity index (χ3n) is 4.56. The third kappa shape index (κ3) is 2.54. The van der Waals surface area contributed by atoms with E-state index in [9.17, 15) is 4.79 Å². The molecule has 3 unspecified atom stereocenters. The summed E-state index contributed by atoms with van der Waals surface area (Å²) in [5.41, 5.74) is 0.0479. The number of hydrogen-bond donors (Lipinski definition) is 1. The van der Waals surface area contributed by atoms with Crippen LogP contribution >= 0.6 is 0 Å². The first-order valence-electron chi connectivity index (χ1n) is 7.05. The lowest BCUT2D eigenvalue weighted by molar-refractivity contribution is -0.139. The summed E-state index contributed by atoms with van der Waals surface area (Å²) in [6.45, 7) is 8.14. The minimum Gasteiger partial charge on any atom is -0.376 e. The predicted octanol–water partition coefficient (Wildman–Crippen LogP) is 1.40. The maximum Gasteiger partial charge on any atom is 0.240 e. The van der Waals surface area contributed by atoms with E-state index in [1.807, 2.05) is 11.9 Å². The van der Waals surface area contributed by atoms with Crippen molar-refractivity contribution in [1.82, 2.24) is 10.2 Å². The van der Waals surface area contributed by atoms with Gasteiger partial charge in [0.2, 0.25) is 5.91 Å². The number of carbonyl (C=O) groups excluding carboxylic acids is 1. The molecular weight excluding hydrogens is 228 g/mol. The summed E-state index contributed by atoms with van der Waals surface area (Å²) in [7, 11) is 1.92. The number of ether oxygens (including phenoxy) is 1. The molecule has 0 bridgehead atoms. The van der Waals surface area contributed by atoms with E-state index in [1.54, 1.807) is 0 Å². The minimum absolute atomic E-state index is 0.0479. The van der Waals surface area contributed by atoms with E-state index in [4.69, 9.17) is 4.74 Å². The minimum atomic E-state index is -0.0518. The number of carbonyl (C=O) groups is 1. The monoisotopic (exact) mass is 254 g/mol. The Morgan fingerprint density at radius 1 is 1.44 bits per heavy atom. The van der Waals surface area contributed by atoms with Gasteiger partial charge in [-0.25, -0.2) is 0 Å². The van der Waals surface area contributed by atoms with Crippen LogP contribution in [0.5, 0.6) is 0 Å². The zero-order valence-corrected chi connectivity index (χ0v) is 12.0. The van der Waals surface area contributed by atoms with Crippen molar-refractivity contribution in [3.63, 3.8) is 0 Å². The largest absolute Gasteiger partial charge is 0.376 e. The van der Waals surface area contributed by atoms with Crippen molar-refractivity contribution in [3.8, 4) is 0 Å². The molecule has 2 aliphatic rings. The predicted molar refractivity (Wildman–Crippen MR) is 71.4 cm³/mol. The summed E-state index contributed by atoms with van der Waals surface area (Å²) in [5, 5.41) is 3.40. The molecule has 2 rings (SSSR count). The van der Waals surface area contributed by atoms with Crippen LogP contribution in [0.3, 0.4) is 0 Å². The average Bonchev–Trinajstić information content (AvgIpc) is 2.73. The fourth-order valence-electron chi connectivity index (χ4n) is 3.23. The van der Waals surface area contributed by atoms with E-state index in [0.717, 1.165) is 32.4 Å². The maximum atomic E-state index is 12.7. The van der Waals surface area contributed by atoms with E-state index < -0.39 is 0 Å². The van der Waals surface area contributed by atoms with Crippen LogP contribution in [0, 0.1) is 5.41 Å². The highest BCUT2D eigenvalue weighted by Gasteiger charge is 2.41. The van der Waals surface area contributed by atoms with Crippen molar-refractivity contribution < 1.29 is 9.53 Å². The van der Waals surface area contributed by atoms with Gasteiger partial charge >= 0.3 is 0 Å². The summed E-state index contributed by atoms with van der Waals surface area (Å²) in [6.07, 6.45) is 3.38. The lowest BCUT2D eigenvalue weighted by atomic mass is 9.77. The molecule has 0 saturated carbocycles. The van der Waals surface area contributed by atoms with Crippen LogP contribution in [0.1, 0.15) is 40.0 Å². The molecule has 18 heavy (non-hydrogen) atoms. The van der Waals surface area contributed by atoms with Crippen molar-refractivity contribution in [1.29, 1.82) is 0 Å². The molecule has 0 aromatic carbocycles. The van der Waals surface area contributed by atoms with Gasteiger partial charge in [-0.05, 0) is 38.1 Å². The van der Waals surface area contributed by atoms with Gasteiger partial charge < -0.3 is 15.0 Å². The normalized spacial score (nSPS) is 35.4. The number of hydrogen-bond acceptors (Lipinski definition) is 3. The molecule has 0 aromatic heterocycles. The summed E-state index contributed by atoms with van der Waals surface area (Å²) >= 11 is 0. The molecule has 0 radical (unpaired) electrons. The lowest BCUT2D eigenvalue weighted by Gasteiger charge is -2.41. The van der Waals surface area contributed by atoms with Crippen molar-refractivity contribution in [2.24, 2.45) is 5.41 Å². The van der Waals surface area contributed by atoms with Gasteiger partial charge in [0.1, 0.15) is 0 Å². The highest BCUT2D eigenvalue weighted by Crippen LogP contribution is 2.32. The zero-order valence-electron chi connectivity index (χ0n) is 12.0. The highest BCUT2D eigenvalue weighted by molar-refractivity contribution is 5.83. The van der Waals surface area contributed by atoms with Crippen LogP contribution in [0.25, 0.3) is 0 Å². The summed E-state index contributed by atoms with van der Waals surface area (Å²) in [4.78, 5) is 14.6. The van der Waals surface area contributed by atoms with E-state index in [2.05, 4.69) is 26.1 Å². The molecule has 0 spiro atoms. The van der Waals surface area contributed by atoms with Crippen LogP contribution in [0.4, 0.5) is 0 Å². The third-order valence-corrected chi connectivity index (χ3v) is 4.56. The van der Waals surface area contributed by atoms with Crippen LogP contribution in [0.2, 0.25) is 0 Å². The Balaban J connectivity index is 2.05. The molecule has 4 heteroatoms. The molecule has 3 atom stereocenters. The molecule has 4 nitrogen and oxygen atoms in total. The summed E-state index contributed by atoms with van der Waals surface area (Å²) < 4.78 is 5.56. The van der Waals surface area contributed by atoms with E-state index in [-0.39, 0.29) is 29.5 Å². The maximum absolute atomic E-state index is 12.7. The SMILES string of the molecule is CC1OCCC1N(C)C(=O)C1NCCCC1(C)C. The molecule has 104 valence electrons. The van der Waals surface area contributed by atoms with Gasteiger partial charge in [0.25, 0.3) is 0 Å². The second-order valence-corrected chi connectivity index (χ2v) is 6.36. The van der Waals surface area contributed by atoms with Gasteiger partial charge in [-0.1, -0.05) is 13.8 Å². The number of nitrogens with one attached hydrogen (secondary N) is 1. The van der Waals surface area contributed by atoms with Gasteiger partial charge in [0, 0.05) is 13.7 Å². The molecule has 0 aromatic rings. The van der Waals surface area contributed by atoms with Gasteiger partial charge in [0.15, 0.2) is 0 Å². The molecule has 2 saturated heterocycles. The first-order chi connectivity index (χ1) is 8.43. The van der Waals surface area contributed by atoms with Crippen LogP contribution in [0.15, 0.2) is 0 Å². The number of rotatable bonds is 2. The van der Waals surface area contributed by atoms with Crippen LogP contribution in [-0.2, 0) is 9.53 Å². The average molecular weight is 254 g/mol. The van der Waals surface area contributed by atoms with E-state index in [0.29, 0.717) is 0 Å². The Labute approximate surface area is 110 Å². The zero-order chi connectivity index (χ0) is 13.3. The molecule has 0 aliphatic carbocycles. The Bertz CT molecular complexity index is 317. The molecule has 2 aliphatic heterocycles. The van der Waals surface area contributed by atoms with Gasteiger partial charge in [-0.2, -0.15) is 0 Å². The fourth-order valence-corrected chi connectivity index (χ4v) is 3.23. The van der Waals surface area contributed by atoms with Crippen molar-refractivity contribution >= 4 is 5.91 Å². The molecule has 2 heterocycles. The standard InChI is InChI=1S/C14H26N2O2/c1-10-11(6-9-18-10)16(4)13(17)12-14(2,3)7-5-8-15-12/h10-12,15H,5-9H2,1-4H3. The first-order valence-corrected chi connectivity index (χ1v) is 7.05. The number of nitrogens with zero attached hydrogens (tertiary/aromatic N) is 1. The second kappa shape index (κ2) is 5.17. The van der Waals surface area contributed by atoms with E-state index in [1.165, 1.54) is 0 Å².